The van der Waals surface area contributed by atoms with E-state index in [0.717, 1.165) is 83.9 Å². The molecule has 57 heavy (non-hydrogen) atoms. The van der Waals surface area contributed by atoms with Gasteiger partial charge in [-0.3, -0.25) is 0 Å². The lowest BCUT2D eigenvalue weighted by atomic mass is 9.93. The maximum atomic E-state index is 7.18. The van der Waals surface area contributed by atoms with Gasteiger partial charge in [-0.2, -0.15) is 0 Å². The van der Waals surface area contributed by atoms with Gasteiger partial charge < -0.3 is 9.47 Å². The highest BCUT2D eigenvalue weighted by atomic mass is 16.7. The first-order valence-electron chi connectivity index (χ1n) is 20.1. The van der Waals surface area contributed by atoms with E-state index >= 15 is 0 Å². The maximum absolute atomic E-state index is 7.18. The molecule has 7 aromatic rings. The zero-order valence-corrected chi connectivity index (χ0v) is 32.5. The third-order valence-corrected chi connectivity index (χ3v) is 11.6. The highest BCUT2D eigenvalue weighted by molar-refractivity contribution is 5.90. The third-order valence-electron chi connectivity index (χ3n) is 11.6. The van der Waals surface area contributed by atoms with Crippen LogP contribution in [-0.4, -0.2) is 27.6 Å². The van der Waals surface area contributed by atoms with Gasteiger partial charge >= 0.3 is 6.03 Å². The van der Waals surface area contributed by atoms with Gasteiger partial charge in [-0.25, -0.2) is 9.13 Å². The molecular formula is C51H46N4O2+4. The minimum absolute atomic E-state index is 0.833. The summed E-state index contributed by atoms with van der Waals surface area (Å²) in [6, 6.07) is 46.5. The summed E-state index contributed by atoms with van der Waals surface area (Å²) in [4.78, 5) is 0. The highest BCUT2D eigenvalue weighted by Gasteiger charge is 2.72. The molecule has 0 atom stereocenters. The SMILES string of the molecule is Cc1cc(-c2ccccc2CCC[n+]2ccccc2)cc2c1OC13Oc4c(C)cc(-c5ccccc5CCC[n+]5ccccc5)cc4C=[N+]1c1ccccc1[N+]3=C2. The van der Waals surface area contributed by atoms with Gasteiger partial charge in [0, 0.05) is 49.2 Å². The topological polar surface area (TPSA) is 32.2 Å². The molecule has 2 aromatic heterocycles. The van der Waals surface area contributed by atoms with Gasteiger partial charge in [-0.1, -0.05) is 72.8 Å². The van der Waals surface area contributed by atoms with E-state index in [1.807, 2.05) is 0 Å². The minimum atomic E-state index is -1.23. The van der Waals surface area contributed by atoms with Gasteiger partial charge in [0.1, 0.15) is 13.1 Å². The number of aromatic nitrogens is 2. The van der Waals surface area contributed by atoms with Crippen LogP contribution in [0.4, 0.5) is 11.4 Å². The summed E-state index contributed by atoms with van der Waals surface area (Å²) in [5.74, 6) is 1.67. The third kappa shape index (κ3) is 6.31. The largest absolute Gasteiger partial charge is 0.715 e. The number of rotatable bonds is 10. The molecule has 0 bridgehead atoms. The molecule has 0 N–H and O–H groups in total. The molecule has 3 aliphatic heterocycles. The predicted octanol–water partition coefficient (Wildman–Crippen LogP) is 9.41. The first-order valence-corrected chi connectivity index (χ1v) is 20.1. The van der Waals surface area contributed by atoms with E-state index in [0.29, 0.717) is 0 Å². The van der Waals surface area contributed by atoms with Gasteiger partial charge in [0.25, 0.3) is 11.4 Å². The molecule has 0 unspecified atom stereocenters. The molecule has 0 amide bonds. The molecule has 6 nitrogen and oxygen atoms in total. The second-order valence-electron chi connectivity index (χ2n) is 15.4. The first-order chi connectivity index (χ1) is 28.0. The smallest absolute Gasteiger partial charge is 0.340 e. The number of para-hydroxylation sites is 2. The number of ether oxygens (including phenoxy) is 2. The molecule has 278 valence electrons. The van der Waals surface area contributed by atoms with Crippen molar-refractivity contribution in [2.24, 2.45) is 0 Å². The number of fused-ring (bicyclic) bond motifs is 5. The van der Waals surface area contributed by atoms with Crippen molar-refractivity contribution in [2.75, 3.05) is 0 Å². The molecule has 0 saturated carbocycles. The fourth-order valence-corrected chi connectivity index (χ4v) is 8.85. The van der Waals surface area contributed by atoms with Crippen LogP contribution in [0.1, 0.15) is 46.2 Å². The number of hydrogen-bond donors (Lipinski definition) is 0. The maximum Gasteiger partial charge on any atom is 0.715 e. The molecule has 5 aromatic carbocycles. The second kappa shape index (κ2) is 14.4. The van der Waals surface area contributed by atoms with E-state index in [1.54, 1.807) is 0 Å². The Morgan fingerprint density at radius 2 is 0.895 bits per heavy atom. The van der Waals surface area contributed by atoms with Gasteiger partial charge in [-0.05, 0) is 105 Å². The van der Waals surface area contributed by atoms with Crippen molar-refractivity contribution < 1.29 is 27.8 Å². The zero-order valence-electron chi connectivity index (χ0n) is 32.5. The highest BCUT2D eigenvalue weighted by Crippen LogP contribution is 2.50. The quantitative estimate of drug-likeness (QED) is 0.131. The summed E-state index contributed by atoms with van der Waals surface area (Å²) < 4.78 is 23.2. The van der Waals surface area contributed by atoms with Crippen LogP contribution in [-0.2, 0) is 25.9 Å². The van der Waals surface area contributed by atoms with Crippen molar-refractivity contribution in [2.45, 2.75) is 58.7 Å². The summed E-state index contributed by atoms with van der Waals surface area (Å²) >= 11 is 0. The average molecular weight is 747 g/mol. The normalized spacial score (nSPS) is 14.1. The van der Waals surface area contributed by atoms with Crippen molar-refractivity contribution >= 4 is 23.8 Å². The van der Waals surface area contributed by atoms with E-state index in [9.17, 15) is 0 Å². The Bertz CT molecular complexity index is 2530. The number of nitrogens with zero attached hydrogens (tertiary/aromatic N) is 4. The van der Waals surface area contributed by atoms with Crippen molar-refractivity contribution in [1.82, 2.24) is 0 Å². The summed E-state index contributed by atoms with van der Waals surface area (Å²) in [5, 5.41) is 0. The molecular weight excluding hydrogens is 701 g/mol. The van der Waals surface area contributed by atoms with Gasteiger partial charge in [0.2, 0.25) is 0 Å². The van der Waals surface area contributed by atoms with Crippen LogP contribution in [0.5, 0.6) is 11.5 Å². The average Bonchev–Trinajstić information content (AvgIpc) is 3.52. The molecule has 0 aliphatic carbocycles. The van der Waals surface area contributed by atoms with Gasteiger partial charge in [0.05, 0.1) is 11.1 Å². The molecule has 0 saturated heterocycles. The fraction of sp³-hybridized carbons (Fsp3) is 0.176. The van der Waals surface area contributed by atoms with Crippen LogP contribution in [0.15, 0.2) is 158 Å². The van der Waals surface area contributed by atoms with Crippen molar-refractivity contribution in [3.05, 3.63) is 192 Å². The van der Waals surface area contributed by atoms with Crippen molar-refractivity contribution in [3.8, 4) is 33.8 Å². The van der Waals surface area contributed by atoms with Crippen LogP contribution in [0.25, 0.3) is 22.3 Å². The Morgan fingerprint density at radius 1 is 0.474 bits per heavy atom. The first kappa shape index (κ1) is 34.8. The summed E-state index contributed by atoms with van der Waals surface area (Å²) in [5.41, 5.74) is 13.9. The van der Waals surface area contributed by atoms with Crippen molar-refractivity contribution in [3.63, 3.8) is 0 Å². The van der Waals surface area contributed by atoms with Crippen LogP contribution in [0, 0.1) is 13.8 Å². The van der Waals surface area contributed by atoms with E-state index < -0.39 is 6.03 Å². The Morgan fingerprint density at radius 3 is 1.35 bits per heavy atom. The Hall–Kier alpha value is -6.66. The number of hydrogen-bond acceptors (Lipinski definition) is 2. The van der Waals surface area contributed by atoms with E-state index in [-0.39, 0.29) is 0 Å². The summed E-state index contributed by atoms with van der Waals surface area (Å²) in [6.45, 7) is 6.26. The molecule has 10 rings (SSSR count). The minimum Gasteiger partial charge on any atom is -0.340 e. The molecule has 0 fully saturated rings. The Balaban J connectivity index is 0.991. The van der Waals surface area contributed by atoms with Crippen molar-refractivity contribution in [1.29, 1.82) is 0 Å². The summed E-state index contributed by atoms with van der Waals surface area (Å²) in [6.07, 6.45) is 17.1. The van der Waals surface area contributed by atoms with E-state index in [4.69, 9.17) is 9.47 Å². The van der Waals surface area contributed by atoms with E-state index in [1.165, 1.54) is 33.4 Å². The monoisotopic (exact) mass is 746 g/mol. The molecule has 1 spiro atoms. The standard InChI is InChI=1S/C51H46N4O2/c1-37-31-41(45-21-7-5-17-39(45)19-15-29-52-25-11-3-12-26-52)33-43-35-54-47-23-9-10-24-48(47)55-36-44-34-42(32-38(2)50(44)57-51(54,55)56-49(37)43)46-22-8-6-18-40(46)20-16-30-53-27-13-4-14-28-53/h3-14,17-18,21-28,31-36H,15-16,19-20,29-30H2,1-2H3/q+4. The number of benzene rings is 5. The lowest BCUT2D eigenvalue weighted by molar-refractivity contribution is -0.831. The van der Waals surface area contributed by atoms with E-state index in [2.05, 4.69) is 203 Å². The van der Waals surface area contributed by atoms with Crippen LogP contribution < -0.4 is 18.6 Å². The number of aryl methyl sites for hydroxylation is 6. The molecule has 0 radical (unpaired) electrons. The van der Waals surface area contributed by atoms with Crippen LogP contribution in [0.2, 0.25) is 0 Å². The number of pyridine rings is 2. The van der Waals surface area contributed by atoms with Gasteiger partial charge in [-0.15, -0.1) is 0 Å². The Kier molecular flexibility index (Phi) is 8.82. The predicted molar refractivity (Wildman–Crippen MR) is 224 cm³/mol. The summed E-state index contributed by atoms with van der Waals surface area (Å²) in [7, 11) is 0. The lowest BCUT2D eigenvalue weighted by Gasteiger charge is -2.28. The molecule has 5 heterocycles. The van der Waals surface area contributed by atoms with Crippen LogP contribution in [0.3, 0.4) is 0 Å². The fourth-order valence-electron chi connectivity index (χ4n) is 8.85. The van der Waals surface area contributed by atoms with Crippen LogP contribution >= 0.6 is 0 Å². The lowest BCUT2D eigenvalue weighted by Crippen LogP contribution is -2.59. The Labute approximate surface area is 334 Å². The second-order valence-corrected chi connectivity index (χ2v) is 15.4. The zero-order chi connectivity index (χ0) is 38.3. The van der Waals surface area contributed by atoms with Gasteiger partial charge in [0.15, 0.2) is 48.7 Å². The molecule has 6 heteroatoms. The molecule has 3 aliphatic rings.